The molecule has 2 rings (SSSR count). The second-order valence-corrected chi connectivity index (χ2v) is 7.50. The molecule has 124 valence electrons. The first-order valence-corrected chi connectivity index (χ1v) is 7.52. The van der Waals surface area contributed by atoms with E-state index in [9.17, 15) is 18.0 Å². The molecule has 8 heteroatoms. The minimum absolute atomic E-state index is 0.271. The molecule has 1 aromatic rings. The lowest BCUT2D eigenvalue weighted by molar-refractivity contribution is -0.202. The first-order valence-electron chi connectivity index (χ1n) is 6.71. The predicted molar refractivity (Wildman–Crippen MR) is 76.9 cm³/mol. The summed E-state index contributed by atoms with van der Waals surface area (Å²) >= 11 is 1.16. The van der Waals surface area contributed by atoms with Gasteiger partial charge in [0.1, 0.15) is 0 Å². The van der Waals surface area contributed by atoms with Crippen LogP contribution in [0.3, 0.4) is 0 Å². The Kier molecular flexibility index (Phi) is 4.08. The van der Waals surface area contributed by atoms with Crippen LogP contribution in [-0.2, 0) is 21.6 Å². The van der Waals surface area contributed by atoms with Gasteiger partial charge in [-0.3, -0.25) is 4.79 Å². The number of thiophene rings is 1. The van der Waals surface area contributed by atoms with Crippen molar-refractivity contribution >= 4 is 22.2 Å². The van der Waals surface area contributed by atoms with Crippen LogP contribution in [0.2, 0.25) is 0 Å². The van der Waals surface area contributed by atoms with Crippen LogP contribution in [-0.4, -0.2) is 28.9 Å². The molecular weight excluding hydrogens is 319 g/mol. The number of aliphatic hydroxyl groups excluding tert-OH is 1. The van der Waals surface area contributed by atoms with E-state index in [1.54, 1.807) is 6.07 Å². The zero-order valence-corrected chi connectivity index (χ0v) is 13.5. The lowest BCUT2D eigenvalue weighted by Crippen LogP contribution is -2.41. The number of carbonyl (C=O) groups is 1. The maximum absolute atomic E-state index is 12.3. The number of hydrogen-bond acceptors (Lipinski definition) is 4. The topological polar surface area (TPSA) is 58.6 Å². The molecule has 1 atom stereocenters. The van der Waals surface area contributed by atoms with Crippen LogP contribution in [0.4, 0.5) is 18.2 Å². The van der Waals surface area contributed by atoms with E-state index in [1.165, 1.54) is 0 Å². The maximum atomic E-state index is 12.3. The second-order valence-electron chi connectivity index (χ2n) is 6.45. The molecule has 0 radical (unpaired) electrons. The number of halogens is 3. The number of ether oxygens (including phenoxy) is 1. The lowest BCUT2D eigenvalue weighted by Gasteiger charge is -2.41. The van der Waals surface area contributed by atoms with Crippen molar-refractivity contribution in [2.75, 3.05) is 5.32 Å². The van der Waals surface area contributed by atoms with E-state index in [2.05, 4.69) is 5.32 Å². The Morgan fingerprint density at radius 1 is 1.41 bits per heavy atom. The molecule has 2 N–H and O–H groups in total. The number of hydrogen-bond donors (Lipinski definition) is 2. The highest BCUT2D eigenvalue weighted by molar-refractivity contribution is 7.16. The van der Waals surface area contributed by atoms with Gasteiger partial charge in [0.15, 0.2) is 0 Å². The molecule has 0 spiro atoms. The molecule has 2 heterocycles. The van der Waals surface area contributed by atoms with Crippen molar-refractivity contribution in [1.29, 1.82) is 0 Å². The normalized spacial score (nSPS) is 21.1. The molecule has 1 aliphatic rings. The SMILES string of the molecule is CC1(C)Cc2cc(NC(=O)C(O)C(F)(F)F)sc2C(C)(C)O1. The molecule has 0 bridgehead atoms. The zero-order valence-electron chi connectivity index (χ0n) is 12.7. The van der Waals surface area contributed by atoms with Crippen LogP contribution in [0.15, 0.2) is 6.07 Å². The summed E-state index contributed by atoms with van der Waals surface area (Å²) in [6.07, 6.45) is -7.42. The summed E-state index contributed by atoms with van der Waals surface area (Å²) in [7, 11) is 0. The van der Waals surface area contributed by atoms with Crippen LogP contribution >= 0.6 is 11.3 Å². The Labute approximate surface area is 130 Å². The maximum Gasteiger partial charge on any atom is 0.423 e. The average Bonchev–Trinajstić information content (AvgIpc) is 2.67. The lowest BCUT2D eigenvalue weighted by atomic mass is 9.89. The molecular formula is C14H18F3NO3S. The van der Waals surface area contributed by atoms with E-state index in [0.717, 1.165) is 21.8 Å². The van der Waals surface area contributed by atoms with Crippen molar-refractivity contribution in [2.45, 2.75) is 57.6 Å². The van der Waals surface area contributed by atoms with E-state index in [0.29, 0.717) is 6.42 Å². The van der Waals surface area contributed by atoms with Crippen LogP contribution < -0.4 is 5.32 Å². The molecule has 1 amide bonds. The molecule has 0 fully saturated rings. The first-order chi connectivity index (χ1) is 9.82. The van der Waals surface area contributed by atoms with Gasteiger partial charge in [0.25, 0.3) is 5.91 Å². The van der Waals surface area contributed by atoms with Gasteiger partial charge in [0.05, 0.1) is 16.2 Å². The molecule has 1 aromatic heterocycles. The van der Waals surface area contributed by atoms with Crippen LogP contribution in [0.5, 0.6) is 0 Å². The molecule has 1 unspecified atom stereocenters. The highest BCUT2D eigenvalue weighted by Gasteiger charge is 2.44. The number of fused-ring (bicyclic) bond motifs is 1. The average molecular weight is 337 g/mol. The van der Waals surface area contributed by atoms with Crippen LogP contribution in [0, 0.1) is 0 Å². The molecule has 1 aliphatic heterocycles. The molecule has 0 saturated carbocycles. The van der Waals surface area contributed by atoms with Gasteiger partial charge in [0, 0.05) is 11.3 Å². The Morgan fingerprint density at radius 3 is 2.55 bits per heavy atom. The Balaban J connectivity index is 2.24. The number of anilines is 1. The predicted octanol–water partition coefficient (Wildman–Crippen LogP) is 3.20. The summed E-state index contributed by atoms with van der Waals surface area (Å²) in [5, 5.41) is 11.3. The quantitative estimate of drug-likeness (QED) is 0.871. The van der Waals surface area contributed by atoms with E-state index in [-0.39, 0.29) is 5.00 Å². The fraction of sp³-hybridized carbons (Fsp3) is 0.643. The standard InChI is InChI=1S/C14H18F3NO3S/c1-12(2)6-7-5-8(22-10(7)13(3,4)21-12)18-11(20)9(19)14(15,16)17/h5,9,19H,6H2,1-4H3,(H,18,20). The van der Waals surface area contributed by atoms with Gasteiger partial charge in [-0.1, -0.05) is 0 Å². The van der Waals surface area contributed by atoms with Crippen molar-refractivity contribution in [1.82, 2.24) is 0 Å². The smallest absolute Gasteiger partial charge is 0.376 e. The summed E-state index contributed by atoms with van der Waals surface area (Å²) in [6.45, 7) is 7.61. The van der Waals surface area contributed by atoms with E-state index in [1.807, 2.05) is 27.7 Å². The van der Waals surface area contributed by atoms with Gasteiger partial charge in [-0.2, -0.15) is 13.2 Å². The Hall–Kier alpha value is -1.12. The molecule has 4 nitrogen and oxygen atoms in total. The van der Waals surface area contributed by atoms with Crippen LogP contribution in [0.25, 0.3) is 0 Å². The molecule has 0 saturated heterocycles. The minimum atomic E-state index is -4.98. The summed E-state index contributed by atoms with van der Waals surface area (Å²) < 4.78 is 43.0. The largest absolute Gasteiger partial charge is 0.423 e. The number of carbonyl (C=O) groups excluding carboxylic acids is 1. The van der Waals surface area contributed by atoms with Crippen molar-refractivity contribution in [3.63, 3.8) is 0 Å². The van der Waals surface area contributed by atoms with Gasteiger partial charge in [-0.25, -0.2) is 0 Å². The summed E-state index contributed by atoms with van der Waals surface area (Å²) in [5.41, 5.74) is -0.0550. The van der Waals surface area contributed by atoms with Gasteiger partial charge in [-0.05, 0) is 39.3 Å². The third-order valence-electron chi connectivity index (χ3n) is 3.31. The summed E-state index contributed by atoms with van der Waals surface area (Å²) in [5.74, 6) is -1.48. The number of amides is 1. The monoisotopic (exact) mass is 337 g/mol. The fourth-order valence-electron chi connectivity index (χ4n) is 2.70. The summed E-state index contributed by atoms with van der Waals surface area (Å²) in [4.78, 5) is 12.3. The van der Waals surface area contributed by atoms with Gasteiger partial charge in [-0.15, -0.1) is 11.3 Å². The zero-order chi connectivity index (χ0) is 16.9. The van der Waals surface area contributed by atoms with E-state index < -0.39 is 29.4 Å². The van der Waals surface area contributed by atoms with Crippen molar-refractivity contribution in [2.24, 2.45) is 0 Å². The summed E-state index contributed by atoms with van der Waals surface area (Å²) in [6, 6.07) is 1.65. The van der Waals surface area contributed by atoms with Gasteiger partial charge in [0.2, 0.25) is 6.10 Å². The number of rotatable bonds is 2. The van der Waals surface area contributed by atoms with Crippen molar-refractivity contribution in [3.8, 4) is 0 Å². The second kappa shape index (κ2) is 5.21. The first kappa shape index (κ1) is 17.2. The van der Waals surface area contributed by atoms with E-state index in [4.69, 9.17) is 9.84 Å². The highest BCUT2D eigenvalue weighted by atomic mass is 32.1. The number of nitrogens with one attached hydrogen (secondary N) is 1. The molecule has 0 aliphatic carbocycles. The third kappa shape index (κ3) is 3.44. The van der Waals surface area contributed by atoms with Crippen molar-refractivity contribution < 1.29 is 27.8 Å². The fourth-order valence-corrected chi connectivity index (χ4v) is 3.82. The highest BCUT2D eigenvalue weighted by Crippen LogP contribution is 2.45. The van der Waals surface area contributed by atoms with E-state index >= 15 is 0 Å². The minimum Gasteiger partial charge on any atom is -0.376 e. The van der Waals surface area contributed by atoms with Crippen molar-refractivity contribution in [3.05, 3.63) is 16.5 Å². The number of alkyl halides is 3. The van der Waals surface area contributed by atoms with Gasteiger partial charge >= 0.3 is 6.18 Å². The Bertz CT molecular complexity index is 593. The molecule has 22 heavy (non-hydrogen) atoms. The number of aliphatic hydroxyl groups is 1. The third-order valence-corrected chi connectivity index (χ3v) is 4.71. The van der Waals surface area contributed by atoms with Gasteiger partial charge < -0.3 is 15.2 Å². The Morgan fingerprint density at radius 2 is 2.00 bits per heavy atom. The van der Waals surface area contributed by atoms with Crippen LogP contribution in [0.1, 0.15) is 38.1 Å². The molecule has 0 aromatic carbocycles.